The molecule has 26 heavy (non-hydrogen) atoms. The summed E-state index contributed by atoms with van der Waals surface area (Å²) in [4.78, 5) is 12.5. The molecule has 3 N–H and O–H groups in total. The second-order valence-electron chi connectivity index (χ2n) is 6.46. The van der Waals surface area contributed by atoms with E-state index >= 15 is 0 Å². The first-order valence-corrected chi connectivity index (χ1v) is 12.1. The molecule has 1 saturated carbocycles. The number of anilines is 1. The van der Waals surface area contributed by atoms with E-state index in [1.54, 1.807) is 0 Å². The molecule has 1 aliphatic carbocycles. The fraction of sp³-hybridized carbons (Fsp3) is 0.533. The molecule has 1 fully saturated rings. The Balaban J connectivity index is 2.08. The second kappa shape index (κ2) is 8.12. The van der Waals surface area contributed by atoms with Crippen LogP contribution in [0.4, 0.5) is 5.69 Å². The Bertz CT molecular complexity index is 887. The molecule has 11 heteroatoms. The highest BCUT2D eigenvalue weighted by Crippen LogP contribution is 2.27. The summed E-state index contributed by atoms with van der Waals surface area (Å²) in [5, 5.41) is 3.08. The average molecular weight is 424 g/mol. The Morgan fingerprint density at radius 1 is 1.15 bits per heavy atom. The lowest BCUT2D eigenvalue weighted by Gasteiger charge is -2.21. The Labute approximate surface area is 158 Å². The van der Waals surface area contributed by atoms with Crippen molar-refractivity contribution in [3.63, 3.8) is 0 Å². The first kappa shape index (κ1) is 20.9. The summed E-state index contributed by atoms with van der Waals surface area (Å²) < 4.78 is 50.0. The van der Waals surface area contributed by atoms with Gasteiger partial charge in [-0.25, -0.2) is 21.6 Å². The van der Waals surface area contributed by atoms with E-state index < -0.39 is 20.0 Å². The number of amides is 1. The minimum Gasteiger partial charge on any atom is -0.349 e. The van der Waals surface area contributed by atoms with Crippen molar-refractivity contribution in [2.75, 3.05) is 23.8 Å². The zero-order valence-electron chi connectivity index (χ0n) is 14.5. The minimum absolute atomic E-state index is 0.00888. The zero-order valence-corrected chi connectivity index (χ0v) is 16.8. The SMILES string of the molecule is CS(=O)(=O)NCC1CCCC1NC(=O)c1ccc(Cl)c(NS(C)(=O)=O)c1. The molecular weight excluding hydrogens is 402 g/mol. The maximum absolute atomic E-state index is 12.5. The highest BCUT2D eigenvalue weighted by atomic mass is 35.5. The van der Waals surface area contributed by atoms with Crippen LogP contribution in [-0.2, 0) is 20.0 Å². The Hall–Kier alpha value is -1.36. The third kappa shape index (κ3) is 6.42. The molecule has 1 aliphatic rings. The van der Waals surface area contributed by atoms with Gasteiger partial charge >= 0.3 is 0 Å². The van der Waals surface area contributed by atoms with E-state index in [-0.39, 0.29) is 40.7 Å². The fourth-order valence-corrected chi connectivity index (χ4v) is 4.23. The van der Waals surface area contributed by atoms with Crippen LogP contribution in [0.2, 0.25) is 5.02 Å². The lowest BCUT2D eigenvalue weighted by atomic mass is 10.0. The third-order valence-corrected chi connectivity index (χ3v) is 5.72. The van der Waals surface area contributed by atoms with Gasteiger partial charge in [-0.05, 0) is 37.0 Å². The van der Waals surface area contributed by atoms with Crippen molar-refractivity contribution in [2.24, 2.45) is 5.92 Å². The fourth-order valence-electron chi connectivity index (χ4n) is 2.93. The molecule has 2 atom stereocenters. The second-order valence-corrected chi connectivity index (χ2v) is 10.4. The summed E-state index contributed by atoms with van der Waals surface area (Å²) in [5.41, 5.74) is 0.394. The number of hydrogen-bond donors (Lipinski definition) is 3. The van der Waals surface area contributed by atoms with Crippen molar-refractivity contribution >= 4 is 43.2 Å². The molecule has 0 heterocycles. The number of carbonyl (C=O) groups excluding carboxylic acids is 1. The maximum Gasteiger partial charge on any atom is 0.251 e. The number of nitrogens with one attached hydrogen (secondary N) is 3. The first-order valence-electron chi connectivity index (χ1n) is 7.97. The van der Waals surface area contributed by atoms with E-state index in [0.29, 0.717) is 0 Å². The van der Waals surface area contributed by atoms with Crippen LogP contribution in [-0.4, -0.2) is 47.8 Å². The largest absolute Gasteiger partial charge is 0.349 e. The molecule has 0 radical (unpaired) electrons. The molecule has 0 spiro atoms. The molecule has 0 aliphatic heterocycles. The molecule has 0 saturated heterocycles. The standard InChI is InChI=1S/C15H22ClN3O5S2/c1-25(21,22)17-9-11-4-3-5-13(11)18-15(20)10-6-7-12(16)14(8-10)19-26(2,23)24/h6-8,11,13,17,19H,3-5,9H2,1-2H3,(H,18,20). The average Bonchev–Trinajstić information content (AvgIpc) is 2.92. The quantitative estimate of drug-likeness (QED) is 0.607. The van der Waals surface area contributed by atoms with Gasteiger partial charge < -0.3 is 5.32 Å². The van der Waals surface area contributed by atoms with E-state index in [9.17, 15) is 21.6 Å². The van der Waals surface area contributed by atoms with Crippen LogP contribution in [0.5, 0.6) is 0 Å². The van der Waals surface area contributed by atoms with Gasteiger partial charge in [0.15, 0.2) is 0 Å². The summed E-state index contributed by atoms with van der Waals surface area (Å²) in [6.07, 6.45) is 4.55. The van der Waals surface area contributed by atoms with Crippen molar-refractivity contribution in [3.05, 3.63) is 28.8 Å². The van der Waals surface area contributed by atoms with Gasteiger partial charge in [-0.15, -0.1) is 0 Å². The molecule has 0 aromatic heterocycles. The van der Waals surface area contributed by atoms with Crippen LogP contribution in [0.15, 0.2) is 18.2 Å². The molecule has 146 valence electrons. The predicted molar refractivity (Wildman–Crippen MR) is 101 cm³/mol. The molecule has 1 aromatic carbocycles. The monoisotopic (exact) mass is 423 g/mol. The number of sulfonamides is 2. The van der Waals surface area contributed by atoms with Crippen LogP contribution in [0.3, 0.4) is 0 Å². The number of halogens is 1. The molecule has 2 rings (SSSR count). The number of hydrogen-bond acceptors (Lipinski definition) is 5. The molecule has 0 bridgehead atoms. The van der Waals surface area contributed by atoms with Gasteiger partial charge in [-0.2, -0.15) is 0 Å². The predicted octanol–water partition coefficient (Wildman–Crippen LogP) is 1.16. The lowest BCUT2D eigenvalue weighted by molar-refractivity contribution is 0.0928. The summed E-state index contributed by atoms with van der Waals surface area (Å²) in [5.74, 6) is -0.357. The van der Waals surface area contributed by atoms with Gasteiger partial charge in [0.1, 0.15) is 0 Å². The van der Waals surface area contributed by atoms with E-state index in [0.717, 1.165) is 31.8 Å². The van der Waals surface area contributed by atoms with E-state index in [4.69, 9.17) is 11.6 Å². The first-order chi connectivity index (χ1) is 11.9. The van der Waals surface area contributed by atoms with Gasteiger partial charge in [0.25, 0.3) is 5.91 Å². The van der Waals surface area contributed by atoms with Crippen molar-refractivity contribution in [1.29, 1.82) is 0 Å². The summed E-state index contributed by atoms with van der Waals surface area (Å²) >= 11 is 5.96. The van der Waals surface area contributed by atoms with Crippen LogP contribution < -0.4 is 14.8 Å². The summed E-state index contributed by atoms with van der Waals surface area (Å²) in [7, 11) is -6.81. The molecule has 1 aromatic rings. The number of carbonyl (C=O) groups is 1. The van der Waals surface area contributed by atoms with Crippen LogP contribution in [0, 0.1) is 5.92 Å². The lowest BCUT2D eigenvalue weighted by Crippen LogP contribution is -2.41. The normalized spacial score (nSPS) is 20.7. The van der Waals surface area contributed by atoms with E-state index in [1.165, 1.54) is 18.2 Å². The van der Waals surface area contributed by atoms with Gasteiger partial charge in [0.05, 0.1) is 23.2 Å². The minimum atomic E-state index is -3.53. The van der Waals surface area contributed by atoms with Gasteiger partial charge in [0.2, 0.25) is 20.0 Å². The van der Waals surface area contributed by atoms with Crippen molar-refractivity contribution < 1.29 is 21.6 Å². The van der Waals surface area contributed by atoms with Crippen LogP contribution in [0.25, 0.3) is 0 Å². The van der Waals surface area contributed by atoms with E-state index in [1.807, 2.05) is 0 Å². The number of rotatable bonds is 7. The maximum atomic E-state index is 12.5. The van der Waals surface area contributed by atoms with Gasteiger partial charge in [-0.3, -0.25) is 9.52 Å². The molecule has 1 amide bonds. The van der Waals surface area contributed by atoms with Crippen LogP contribution in [0.1, 0.15) is 29.6 Å². The van der Waals surface area contributed by atoms with Gasteiger partial charge in [0, 0.05) is 18.2 Å². The topological polar surface area (TPSA) is 121 Å². The van der Waals surface area contributed by atoms with Crippen molar-refractivity contribution in [3.8, 4) is 0 Å². The highest BCUT2D eigenvalue weighted by Gasteiger charge is 2.29. The molecule has 8 nitrogen and oxygen atoms in total. The Kier molecular flexibility index (Phi) is 6.54. The van der Waals surface area contributed by atoms with Crippen molar-refractivity contribution in [2.45, 2.75) is 25.3 Å². The van der Waals surface area contributed by atoms with E-state index in [2.05, 4.69) is 14.8 Å². The smallest absolute Gasteiger partial charge is 0.251 e. The Morgan fingerprint density at radius 3 is 2.46 bits per heavy atom. The molecule has 2 unspecified atom stereocenters. The molecular formula is C15H22ClN3O5S2. The Morgan fingerprint density at radius 2 is 1.85 bits per heavy atom. The zero-order chi connectivity index (χ0) is 19.5. The summed E-state index contributed by atoms with van der Waals surface area (Å²) in [6.45, 7) is 0.269. The van der Waals surface area contributed by atoms with Crippen molar-refractivity contribution in [1.82, 2.24) is 10.0 Å². The third-order valence-electron chi connectivity index (χ3n) is 4.11. The van der Waals surface area contributed by atoms with Gasteiger partial charge in [-0.1, -0.05) is 18.0 Å². The summed E-state index contributed by atoms with van der Waals surface area (Å²) in [6, 6.07) is 4.17. The number of benzene rings is 1. The van der Waals surface area contributed by atoms with Crippen LogP contribution >= 0.6 is 11.6 Å². The highest BCUT2D eigenvalue weighted by molar-refractivity contribution is 7.92.